The molecular weight excluding hydrogens is 346 g/mol. The molecule has 0 bridgehead atoms. The number of fused-ring (bicyclic) bond motifs is 2. The SMILES string of the molecule is [C-]#[N+][C@@]1(C)C[C@H]2C(=O)N(C3CC3)[C@H](C)C(=O)N2C1c1ccc2c(c1)OCO2. The Morgan fingerprint density at radius 2 is 1.89 bits per heavy atom. The number of carbonyl (C=O) groups excluding carboxylic acids is 2. The molecular formula is C20H21N3O4. The zero-order valence-corrected chi connectivity index (χ0v) is 15.3. The fraction of sp³-hybridized carbons (Fsp3) is 0.550. The topological polar surface area (TPSA) is 63.4 Å². The Hall–Kier alpha value is -2.75. The molecule has 4 aliphatic rings. The van der Waals surface area contributed by atoms with Gasteiger partial charge >= 0.3 is 0 Å². The molecule has 3 heterocycles. The highest BCUT2D eigenvalue weighted by atomic mass is 16.7. The number of nitrogens with zero attached hydrogens (tertiary/aromatic N) is 3. The third kappa shape index (κ3) is 2.19. The van der Waals surface area contributed by atoms with Crippen LogP contribution in [0.25, 0.3) is 4.85 Å². The molecule has 0 radical (unpaired) electrons. The predicted octanol–water partition coefficient (Wildman–Crippen LogP) is 2.13. The van der Waals surface area contributed by atoms with Gasteiger partial charge in [0.2, 0.25) is 18.6 Å². The number of piperazine rings is 1. The molecule has 4 atom stereocenters. The lowest BCUT2D eigenvalue weighted by molar-refractivity contribution is -0.161. The van der Waals surface area contributed by atoms with Gasteiger partial charge in [0.05, 0.1) is 6.42 Å². The van der Waals surface area contributed by atoms with Gasteiger partial charge in [0.15, 0.2) is 11.5 Å². The molecule has 140 valence electrons. The van der Waals surface area contributed by atoms with Crippen LogP contribution in [0, 0.1) is 6.57 Å². The lowest BCUT2D eigenvalue weighted by atomic mass is 9.87. The van der Waals surface area contributed by atoms with E-state index < -0.39 is 23.7 Å². The van der Waals surface area contributed by atoms with Gasteiger partial charge in [-0.15, -0.1) is 0 Å². The van der Waals surface area contributed by atoms with Crippen molar-refractivity contribution in [1.82, 2.24) is 9.80 Å². The minimum absolute atomic E-state index is 0.0114. The summed E-state index contributed by atoms with van der Waals surface area (Å²) in [4.78, 5) is 33.8. The molecule has 1 unspecified atom stereocenters. The third-order valence-corrected chi connectivity index (χ3v) is 6.29. The molecule has 1 aromatic carbocycles. The van der Waals surface area contributed by atoms with Crippen molar-refractivity contribution in [3.05, 3.63) is 35.2 Å². The van der Waals surface area contributed by atoms with E-state index in [1.807, 2.05) is 25.1 Å². The van der Waals surface area contributed by atoms with Crippen molar-refractivity contribution in [1.29, 1.82) is 0 Å². The second kappa shape index (κ2) is 5.38. The first kappa shape index (κ1) is 16.4. The molecule has 1 saturated carbocycles. The Balaban J connectivity index is 1.59. The van der Waals surface area contributed by atoms with Gasteiger partial charge in [-0.1, -0.05) is 6.07 Å². The molecule has 3 fully saturated rings. The summed E-state index contributed by atoms with van der Waals surface area (Å²) in [5.41, 5.74) is -0.0448. The van der Waals surface area contributed by atoms with E-state index in [4.69, 9.17) is 16.0 Å². The normalized spacial score (nSPS) is 34.6. The summed E-state index contributed by atoms with van der Waals surface area (Å²) in [6.07, 6.45) is 2.28. The monoisotopic (exact) mass is 367 g/mol. The molecule has 0 aromatic heterocycles. The summed E-state index contributed by atoms with van der Waals surface area (Å²) in [5, 5.41) is 0. The van der Waals surface area contributed by atoms with Crippen molar-refractivity contribution in [3.63, 3.8) is 0 Å². The maximum Gasteiger partial charge on any atom is 0.256 e. The fourth-order valence-electron chi connectivity index (χ4n) is 4.82. The van der Waals surface area contributed by atoms with Crippen LogP contribution in [0.1, 0.15) is 44.7 Å². The maximum atomic E-state index is 13.3. The van der Waals surface area contributed by atoms with Crippen molar-refractivity contribution in [2.75, 3.05) is 6.79 Å². The van der Waals surface area contributed by atoms with Gasteiger partial charge in [-0.05, 0) is 37.5 Å². The lowest BCUT2D eigenvalue weighted by Gasteiger charge is -2.42. The van der Waals surface area contributed by atoms with E-state index in [0.29, 0.717) is 17.9 Å². The molecule has 0 spiro atoms. The summed E-state index contributed by atoms with van der Waals surface area (Å²) in [6, 6.07) is 4.19. The van der Waals surface area contributed by atoms with Crippen LogP contribution in [0.3, 0.4) is 0 Å². The van der Waals surface area contributed by atoms with Crippen molar-refractivity contribution < 1.29 is 19.1 Å². The first-order chi connectivity index (χ1) is 12.9. The zero-order chi connectivity index (χ0) is 18.9. The van der Waals surface area contributed by atoms with E-state index in [1.54, 1.807) is 16.7 Å². The second-order valence-corrected chi connectivity index (χ2v) is 8.10. The van der Waals surface area contributed by atoms with Gasteiger partial charge in [0, 0.05) is 13.0 Å². The largest absolute Gasteiger partial charge is 0.454 e. The van der Waals surface area contributed by atoms with E-state index >= 15 is 0 Å². The van der Waals surface area contributed by atoms with Crippen molar-refractivity contribution in [2.45, 2.75) is 62.8 Å². The summed E-state index contributed by atoms with van der Waals surface area (Å²) in [5.74, 6) is 1.20. The first-order valence-electron chi connectivity index (χ1n) is 9.37. The predicted molar refractivity (Wildman–Crippen MR) is 94.9 cm³/mol. The van der Waals surface area contributed by atoms with Gasteiger partial charge in [-0.2, -0.15) is 0 Å². The van der Waals surface area contributed by atoms with Gasteiger partial charge in [0.25, 0.3) is 5.54 Å². The second-order valence-electron chi connectivity index (χ2n) is 8.10. The summed E-state index contributed by atoms with van der Waals surface area (Å²) in [6.45, 7) is 11.6. The Morgan fingerprint density at radius 3 is 2.59 bits per heavy atom. The number of benzene rings is 1. The molecule has 2 saturated heterocycles. The number of hydrogen-bond acceptors (Lipinski definition) is 4. The van der Waals surface area contributed by atoms with Crippen LogP contribution in [0.4, 0.5) is 0 Å². The van der Waals surface area contributed by atoms with Crippen LogP contribution in [0.15, 0.2) is 18.2 Å². The quantitative estimate of drug-likeness (QED) is 0.752. The van der Waals surface area contributed by atoms with Gasteiger partial charge in [-0.3, -0.25) is 9.59 Å². The van der Waals surface area contributed by atoms with Crippen LogP contribution in [0.5, 0.6) is 11.5 Å². The molecule has 1 aliphatic carbocycles. The number of carbonyl (C=O) groups is 2. The maximum absolute atomic E-state index is 13.3. The average Bonchev–Trinajstić information content (AvgIpc) is 3.28. The lowest BCUT2D eigenvalue weighted by Crippen LogP contribution is -2.62. The van der Waals surface area contributed by atoms with Crippen LogP contribution in [-0.2, 0) is 9.59 Å². The zero-order valence-electron chi connectivity index (χ0n) is 15.3. The van der Waals surface area contributed by atoms with Crippen molar-refractivity contribution >= 4 is 11.8 Å². The standard InChI is InChI=1S/C20H21N3O4/c1-11-18(24)23-14(19(25)22(11)13-5-6-13)9-20(2,21-3)17(23)12-4-7-15-16(8-12)27-10-26-15/h4,7-8,11,13-14,17H,5-6,9-10H2,1-2H3/t11-,14+,17?,20+/m1/s1. The summed E-state index contributed by atoms with van der Waals surface area (Å²) >= 11 is 0. The number of amides is 2. The Bertz CT molecular complexity index is 890. The van der Waals surface area contributed by atoms with Crippen molar-refractivity contribution in [2.24, 2.45) is 0 Å². The molecule has 0 N–H and O–H groups in total. The summed E-state index contributed by atoms with van der Waals surface area (Å²) in [7, 11) is 0. The Morgan fingerprint density at radius 1 is 1.15 bits per heavy atom. The number of rotatable bonds is 2. The molecule has 7 heteroatoms. The van der Waals surface area contributed by atoms with Gasteiger partial charge < -0.3 is 24.1 Å². The van der Waals surface area contributed by atoms with Crippen molar-refractivity contribution in [3.8, 4) is 11.5 Å². The van der Waals surface area contributed by atoms with Crippen LogP contribution in [0.2, 0.25) is 0 Å². The molecule has 5 rings (SSSR count). The minimum atomic E-state index is -0.858. The van der Waals surface area contributed by atoms with E-state index in [9.17, 15) is 9.59 Å². The number of hydrogen-bond donors (Lipinski definition) is 0. The summed E-state index contributed by atoms with van der Waals surface area (Å²) < 4.78 is 10.9. The smallest absolute Gasteiger partial charge is 0.256 e. The third-order valence-electron chi connectivity index (χ3n) is 6.29. The Labute approximate surface area is 157 Å². The van der Waals surface area contributed by atoms with Crippen LogP contribution >= 0.6 is 0 Å². The van der Waals surface area contributed by atoms with E-state index in [0.717, 1.165) is 18.4 Å². The highest BCUT2D eigenvalue weighted by molar-refractivity contribution is 5.98. The number of ether oxygens (including phenoxy) is 2. The van der Waals surface area contributed by atoms with E-state index in [1.165, 1.54) is 0 Å². The molecule has 27 heavy (non-hydrogen) atoms. The molecule has 3 aliphatic heterocycles. The highest BCUT2D eigenvalue weighted by Gasteiger charge is 2.64. The first-order valence-corrected chi connectivity index (χ1v) is 9.37. The fourth-order valence-corrected chi connectivity index (χ4v) is 4.82. The van der Waals surface area contributed by atoms with Gasteiger partial charge in [0.1, 0.15) is 18.1 Å². The molecule has 7 nitrogen and oxygen atoms in total. The van der Waals surface area contributed by atoms with E-state index in [-0.39, 0.29) is 24.6 Å². The molecule has 2 amide bonds. The van der Waals surface area contributed by atoms with Crippen LogP contribution in [-0.4, -0.2) is 52.1 Å². The van der Waals surface area contributed by atoms with E-state index in [2.05, 4.69) is 4.85 Å². The average molecular weight is 367 g/mol. The van der Waals surface area contributed by atoms with Crippen LogP contribution < -0.4 is 9.47 Å². The minimum Gasteiger partial charge on any atom is -0.454 e. The van der Waals surface area contributed by atoms with Gasteiger partial charge in [-0.25, -0.2) is 6.57 Å². The highest BCUT2D eigenvalue weighted by Crippen LogP contribution is 2.51. The molecule has 1 aromatic rings. The Kier molecular flexibility index (Phi) is 3.27.